The van der Waals surface area contributed by atoms with E-state index in [4.69, 9.17) is 16.3 Å². The van der Waals surface area contributed by atoms with Gasteiger partial charge in [0, 0.05) is 18.7 Å². The molecule has 0 bridgehead atoms. The molecule has 0 N–H and O–H groups in total. The molecule has 1 aliphatic rings. The molecule has 1 saturated heterocycles. The highest BCUT2D eigenvalue weighted by Gasteiger charge is 2.22. The van der Waals surface area contributed by atoms with Gasteiger partial charge in [0.1, 0.15) is 28.8 Å². The van der Waals surface area contributed by atoms with Crippen molar-refractivity contribution in [1.29, 1.82) is 0 Å². The number of unbranched alkanes of at least 4 members (excludes halogenated alkanes) is 1. The minimum Gasteiger partial charge on any atom is -0.358 e. The summed E-state index contributed by atoms with van der Waals surface area (Å²) in [6, 6.07) is 3.30. The molecule has 1 unspecified atom stereocenters. The summed E-state index contributed by atoms with van der Waals surface area (Å²) in [4.78, 5) is 17.7. The van der Waals surface area contributed by atoms with Crippen LogP contribution in [0.1, 0.15) is 45.3 Å². The Labute approximate surface area is 177 Å². The van der Waals surface area contributed by atoms with Gasteiger partial charge in [-0.25, -0.2) is 19.3 Å². The molecule has 7 nitrogen and oxygen atoms in total. The zero-order chi connectivity index (χ0) is 20.7. The molecule has 3 aromatic heterocycles. The van der Waals surface area contributed by atoms with Gasteiger partial charge >= 0.3 is 0 Å². The van der Waals surface area contributed by atoms with Crippen molar-refractivity contribution < 1.29 is 9.13 Å². The van der Waals surface area contributed by atoms with Crippen molar-refractivity contribution in [1.82, 2.24) is 29.1 Å². The molecule has 0 spiro atoms. The first kappa shape index (κ1) is 19.4. The van der Waals surface area contributed by atoms with E-state index in [2.05, 4.69) is 26.9 Å². The maximum atomic E-state index is 15.1. The Morgan fingerprint density at radius 2 is 2.10 bits per heavy atom. The highest BCUT2D eigenvalue weighted by Crippen LogP contribution is 2.33. The maximum absolute atomic E-state index is 15.1. The van der Waals surface area contributed by atoms with Crippen LogP contribution in [0, 0.1) is 5.82 Å². The van der Waals surface area contributed by atoms with E-state index in [0.29, 0.717) is 40.1 Å². The van der Waals surface area contributed by atoms with Gasteiger partial charge in [-0.15, -0.1) is 0 Å². The van der Waals surface area contributed by atoms with Crippen LogP contribution in [0.3, 0.4) is 0 Å². The molecule has 30 heavy (non-hydrogen) atoms. The lowest BCUT2D eigenvalue weighted by Gasteiger charge is -2.23. The molecule has 0 radical (unpaired) electrons. The second-order valence-electron chi connectivity index (χ2n) is 7.60. The van der Waals surface area contributed by atoms with Crippen LogP contribution in [0.25, 0.3) is 33.5 Å². The maximum Gasteiger partial charge on any atom is 0.225 e. The van der Waals surface area contributed by atoms with Gasteiger partial charge in [-0.2, -0.15) is 4.98 Å². The average Bonchev–Trinajstić information content (AvgIpc) is 3.36. The first-order valence-corrected chi connectivity index (χ1v) is 10.7. The molecule has 1 aliphatic heterocycles. The van der Waals surface area contributed by atoms with Crippen LogP contribution < -0.4 is 0 Å². The average molecular weight is 429 g/mol. The topological polar surface area (TPSA) is 70.7 Å². The number of hydrogen-bond donors (Lipinski definition) is 0. The third-order valence-electron chi connectivity index (χ3n) is 5.55. The molecule has 4 heterocycles. The largest absolute Gasteiger partial charge is 0.358 e. The van der Waals surface area contributed by atoms with Gasteiger partial charge in [0.25, 0.3) is 0 Å². The fourth-order valence-electron chi connectivity index (χ4n) is 4.04. The molecule has 1 atom stereocenters. The van der Waals surface area contributed by atoms with Gasteiger partial charge in [-0.1, -0.05) is 13.3 Å². The Morgan fingerprint density at radius 3 is 2.90 bits per heavy atom. The summed E-state index contributed by atoms with van der Waals surface area (Å²) < 4.78 is 24.7. The molecule has 5 rings (SSSR count). The molecule has 0 aliphatic carbocycles. The Balaban J connectivity index is 1.62. The van der Waals surface area contributed by atoms with E-state index in [-0.39, 0.29) is 17.3 Å². The van der Waals surface area contributed by atoms with Crippen molar-refractivity contribution in [2.75, 3.05) is 6.61 Å². The van der Waals surface area contributed by atoms with Gasteiger partial charge in [0.15, 0.2) is 5.65 Å². The lowest BCUT2D eigenvalue weighted by atomic mass is 10.1. The van der Waals surface area contributed by atoms with Crippen LogP contribution in [-0.2, 0) is 11.3 Å². The first-order valence-electron chi connectivity index (χ1n) is 10.3. The lowest BCUT2D eigenvalue weighted by Crippen LogP contribution is -2.17. The lowest BCUT2D eigenvalue weighted by molar-refractivity contribution is -0.0298. The second kappa shape index (κ2) is 7.92. The molecule has 0 amide bonds. The zero-order valence-corrected chi connectivity index (χ0v) is 17.4. The molecular weight excluding hydrogens is 407 g/mol. The standard InChI is InChI=1S/C21H22ClFN6O/c1-2-3-7-28-11-24-15-10-13(9-14(23)19(15)28)17-18-20(27-21(22)26-17)29(12-25-18)16-6-4-5-8-30-16/h9-12,16H,2-8H2,1H3. The number of benzene rings is 1. The highest BCUT2D eigenvalue weighted by atomic mass is 35.5. The minimum absolute atomic E-state index is 0.0871. The van der Waals surface area contributed by atoms with E-state index in [1.54, 1.807) is 12.7 Å². The summed E-state index contributed by atoms with van der Waals surface area (Å²) >= 11 is 6.24. The molecule has 1 fully saturated rings. The van der Waals surface area contributed by atoms with Crippen molar-refractivity contribution >= 4 is 33.8 Å². The number of aromatic nitrogens is 6. The van der Waals surface area contributed by atoms with E-state index in [0.717, 1.165) is 38.6 Å². The third kappa shape index (κ3) is 3.33. The van der Waals surface area contributed by atoms with Crippen molar-refractivity contribution in [3.8, 4) is 11.3 Å². The summed E-state index contributed by atoms with van der Waals surface area (Å²) in [5.74, 6) is -0.339. The van der Waals surface area contributed by atoms with Crippen LogP contribution >= 0.6 is 11.6 Å². The molecule has 4 aromatic rings. The number of aryl methyl sites for hydroxylation is 1. The third-order valence-corrected chi connectivity index (χ3v) is 5.72. The molecular formula is C21H22ClFN6O. The molecule has 156 valence electrons. The van der Waals surface area contributed by atoms with Crippen molar-refractivity contribution in [2.45, 2.75) is 51.8 Å². The predicted molar refractivity (Wildman–Crippen MR) is 113 cm³/mol. The van der Waals surface area contributed by atoms with Crippen LogP contribution in [0.15, 0.2) is 24.8 Å². The fraction of sp³-hybridized carbons (Fsp3) is 0.429. The Hall–Kier alpha value is -2.58. The molecule has 1 aromatic carbocycles. The Bertz CT molecular complexity index is 1210. The normalized spacial score (nSPS) is 17.2. The molecule has 0 saturated carbocycles. The number of imidazole rings is 2. The zero-order valence-electron chi connectivity index (χ0n) is 16.7. The van der Waals surface area contributed by atoms with E-state index in [9.17, 15) is 0 Å². The van der Waals surface area contributed by atoms with Gasteiger partial charge < -0.3 is 9.30 Å². The summed E-state index contributed by atoms with van der Waals surface area (Å²) in [7, 11) is 0. The van der Waals surface area contributed by atoms with Crippen molar-refractivity contribution in [3.05, 3.63) is 35.9 Å². The van der Waals surface area contributed by atoms with Gasteiger partial charge in [0.05, 0.1) is 18.2 Å². The summed E-state index contributed by atoms with van der Waals surface area (Å²) in [5, 5.41) is 0.0871. The number of halogens is 2. The van der Waals surface area contributed by atoms with Gasteiger partial charge in [0.2, 0.25) is 5.28 Å². The SMILES string of the molecule is CCCCn1cnc2cc(-c3nc(Cl)nc4c3ncn4C3CCCCO3)cc(F)c21. The van der Waals surface area contributed by atoms with E-state index in [1.165, 1.54) is 6.07 Å². The fourth-order valence-corrected chi connectivity index (χ4v) is 4.20. The minimum atomic E-state index is -0.339. The number of nitrogens with zero attached hydrogens (tertiary/aromatic N) is 6. The van der Waals surface area contributed by atoms with Gasteiger partial charge in [-0.05, 0) is 49.4 Å². The summed E-state index contributed by atoms with van der Waals surface area (Å²) in [6.45, 7) is 3.55. The van der Waals surface area contributed by atoms with E-state index >= 15 is 4.39 Å². The summed E-state index contributed by atoms with van der Waals surface area (Å²) in [6.07, 6.45) is 8.27. The quantitative estimate of drug-likeness (QED) is 0.412. The van der Waals surface area contributed by atoms with E-state index < -0.39 is 0 Å². The first-order chi connectivity index (χ1) is 14.7. The van der Waals surface area contributed by atoms with Crippen LogP contribution in [0.2, 0.25) is 5.28 Å². The van der Waals surface area contributed by atoms with Crippen LogP contribution in [-0.4, -0.2) is 35.7 Å². The Kier molecular flexibility index (Phi) is 5.12. The number of hydrogen-bond acceptors (Lipinski definition) is 5. The van der Waals surface area contributed by atoms with Crippen LogP contribution in [0.5, 0.6) is 0 Å². The van der Waals surface area contributed by atoms with Crippen LogP contribution in [0.4, 0.5) is 4.39 Å². The second-order valence-corrected chi connectivity index (χ2v) is 7.94. The Morgan fingerprint density at radius 1 is 1.20 bits per heavy atom. The van der Waals surface area contributed by atoms with Gasteiger partial charge in [-0.3, -0.25) is 4.57 Å². The van der Waals surface area contributed by atoms with E-state index in [1.807, 2.05) is 15.2 Å². The molecule has 9 heteroatoms. The summed E-state index contributed by atoms with van der Waals surface area (Å²) in [5.41, 5.74) is 3.31. The van der Waals surface area contributed by atoms with Crippen molar-refractivity contribution in [3.63, 3.8) is 0 Å². The number of fused-ring (bicyclic) bond motifs is 2. The smallest absolute Gasteiger partial charge is 0.225 e. The monoisotopic (exact) mass is 428 g/mol. The predicted octanol–water partition coefficient (Wildman–Crippen LogP) is 5.13. The number of ether oxygens (including phenoxy) is 1. The highest BCUT2D eigenvalue weighted by molar-refractivity contribution is 6.28. The van der Waals surface area contributed by atoms with Crippen molar-refractivity contribution in [2.24, 2.45) is 0 Å². The number of rotatable bonds is 5.